The summed E-state index contributed by atoms with van der Waals surface area (Å²) in [4.78, 5) is 12.6. The van der Waals surface area contributed by atoms with Gasteiger partial charge in [0.15, 0.2) is 0 Å². The van der Waals surface area contributed by atoms with Crippen LogP contribution in [-0.2, 0) is 4.74 Å². The van der Waals surface area contributed by atoms with Gasteiger partial charge in [0.1, 0.15) is 5.69 Å². The van der Waals surface area contributed by atoms with Crippen molar-refractivity contribution in [1.82, 2.24) is 20.4 Å². The number of nitrogens with one attached hydrogen (secondary N) is 2. The molecule has 0 radical (unpaired) electrons. The van der Waals surface area contributed by atoms with E-state index in [9.17, 15) is 4.79 Å². The van der Waals surface area contributed by atoms with Crippen molar-refractivity contribution in [2.75, 3.05) is 19.7 Å². The molecule has 1 aromatic heterocycles. The summed E-state index contributed by atoms with van der Waals surface area (Å²) in [6.07, 6.45) is 8.97. The van der Waals surface area contributed by atoms with Crippen LogP contribution in [0.1, 0.15) is 55.1 Å². The van der Waals surface area contributed by atoms with Gasteiger partial charge in [-0.1, -0.05) is 0 Å². The molecule has 2 aliphatic heterocycles. The number of halogens is 1. The minimum absolute atomic E-state index is 0. The van der Waals surface area contributed by atoms with Gasteiger partial charge in [-0.2, -0.15) is 5.10 Å². The minimum Gasteiger partial charge on any atom is -0.378 e. The molecule has 0 bridgehead atoms. The summed E-state index contributed by atoms with van der Waals surface area (Å²) in [6.45, 7) is 2.86. The number of nitrogens with zero attached hydrogens (tertiary/aromatic N) is 2. The molecule has 1 saturated carbocycles. The molecule has 2 saturated heterocycles. The largest absolute Gasteiger partial charge is 0.378 e. The Morgan fingerprint density at radius 3 is 3.04 bits per heavy atom. The number of carbonyl (C=O) groups is 1. The zero-order valence-corrected chi connectivity index (χ0v) is 14.8. The zero-order valence-electron chi connectivity index (χ0n) is 13.9. The smallest absolute Gasteiger partial charge is 0.272 e. The quantitative estimate of drug-likeness (QED) is 0.870. The Morgan fingerprint density at radius 1 is 1.29 bits per heavy atom. The molecule has 3 aliphatic rings. The third kappa shape index (κ3) is 3.60. The number of amides is 1. The van der Waals surface area contributed by atoms with E-state index in [0.717, 1.165) is 58.2 Å². The minimum atomic E-state index is -0.0370. The molecule has 4 rings (SSSR count). The van der Waals surface area contributed by atoms with E-state index in [-0.39, 0.29) is 24.4 Å². The van der Waals surface area contributed by atoms with Crippen LogP contribution in [0, 0.1) is 5.92 Å². The first-order valence-electron chi connectivity index (χ1n) is 8.99. The van der Waals surface area contributed by atoms with Crippen LogP contribution in [0.5, 0.6) is 0 Å². The summed E-state index contributed by atoms with van der Waals surface area (Å²) in [5.41, 5.74) is 0.539. The van der Waals surface area contributed by atoms with Crippen molar-refractivity contribution in [3.8, 4) is 0 Å². The molecule has 1 amide bonds. The van der Waals surface area contributed by atoms with Crippen LogP contribution in [0.2, 0.25) is 0 Å². The predicted octanol–water partition coefficient (Wildman–Crippen LogP) is 1.92. The Morgan fingerprint density at radius 2 is 2.21 bits per heavy atom. The Kier molecular flexibility index (Phi) is 5.79. The Balaban J connectivity index is 0.00000169. The average Bonchev–Trinajstić information content (AvgIpc) is 3.25. The van der Waals surface area contributed by atoms with Gasteiger partial charge < -0.3 is 15.4 Å². The second-order valence-corrected chi connectivity index (χ2v) is 7.05. The molecule has 4 unspecified atom stereocenters. The van der Waals surface area contributed by atoms with Crippen molar-refractivity contribution in [1.29, 1.82) is 0 Å². The highest BCUT2D eigenvalue weighted by molar-refractivity contribution is 5.92. The maximum atomic E-state index is 12.6. The maximum absolute atomic E-state index is 12.6. The molecule has 24 heavy (non-hydrogen) atoms. The van der Waals surface area contributed by atoms with Crippen LogP contribution < -0.4 is 10.6 Å². The number of piperidine rings is 1. The molecular weight excluding hydrogens is 328 g/mol. The second-order valence-electron chi connectivity index (χ2n) is 7.05. The van der Waals surface area contributed by atoms with Gasteiger partial charge in [0, 0.05) is 31.3 Å². The highest BCUT2D eigenvalue weighted by atomic mass is 35.5. The standard InChI is InChI=1S/C17H26N4O2.ClH/c22-17(19-14-4-1-5-16-13(14)7-10-23-16)15-6-9-21(20-15)12-3-2-8-18-11-12;/h6,9,12-14,16,18H,1-5,7-8,10-11H2,(H,19,22);1H. The highest BCUT2D eigenvalue weighted by Crippen LogP contribution is 2.34. The average molecular weight is 355 g/mol. The van der Waals surface area contributed by atoms with Crippen LogP contribution in [0.4, 0.5) is 0 Å². The number of carbonyl (C=O) groups excluding carboxylic acids is 1. The molecule has 134 valence electrons. The zero-order chi connectivity index (χ0) is 15.6. The topological polar surface area (TPSA) is 68.2 Å². The van der Waals surface area contributed by atoms with Crippen molar-refractivity contribution in [3.63, 3.8) is 0 Å². The lowest BCUT2D eigenvalue weighted by Crippen LogP contribution is -2.45. The van der Waals surface area contributed by atoms with Crippen LogP contribution in [0.15, 0.2) is 12.3 Å². The van der Waals surface area contributed by atoms with E-state index in [0.29, 0.717) is 23.8 Å². The van der Waals surface area contributed by atoms with E-state index in [2.05, 4.69) is 15.7 Å². The van der Waals surface area contributed by atoms with Gasteiger partial charge in [0.2, 0.25) is 0 Å². The fourth-order valence-electron chi connectivity index (χ4n) is 4.32. The van der Waals surface area contributed by atoms with Crippen LogP contribution in [0.3, 0.4) is 0 Å². The molecule has 1 aliphatic carbocycles. The number of aromatic nitrogens is 2. The SMILES string of the molecule is Cl.O=C(NC1CCCC2OCCC12)c1ccn(C2CCCNC2)n1. The van der Waals surface area contributed by atoms with Crippen molar-refractivity contribution >= 4 is 18.3 Å². The molecule has 2 N–H and O–H groups in total. The van der Waals surface area contributed by atoms with Gasteiger partial charge in [-0.05, 0) is 51.1 Å². The monoisotopic (exact) mass is 354 g/mol. The molecule has 4 atom stereocenters. The Bertz CT molecular complexity index is 559. The summed E-state index contributed by atoms with van der Waals surface area (Å²) in [7, 11) is 0. The Labute approximate surface area is 149 Å². The number of hydrogen-bond donors (Lipinski definition) is 2. The molecule has 6 nitrogen and oxygen atoms in total. The van der Waals surface area contributed by atoms with Crippen molar-refractivity contribution in [2.24, 2.45) is 5.92 Å². The molecular formula is C17H27ClN4O2. The van der Waals surface area contributed by atoms with Gasteiger partial charge in [0.05, 0.1) is 12.1 Å². The third-order valence-corrected chi connectivity index (χ3v) is 5.58. The summed E-state index contributed by atoms with van der Waals surface area (Å²) in [5, 5.41) is 11.1. The van der Waals surface area contributed by atoms with Gasteiger partial charge in [0.25, 0.3) is 5.91 Å². The fraction of sp³-hybridized carbons (Fsp3) is 0.765. The first-order chi connectivity index (χ1) is 11.3. The van der Waals surface area contributed by atoms with E-state index < -0.39 is 0 Å². The van der Waals surface area contributed by atoms with E-state index in [4.69, 9.17) is 4.74 Å². The van der Waals surface area contributed by atoms with Crippen molar-refractivity contribution < 1.29 is 9.53 Å². The van der Waals surface area contributed by atoms with E-state index in [1.165, 1.54) is 0 Å². The highest BCUT2D eigenvalue weighted by Gasteiger charge is 2.38. The van der Waals surface area contributed by atoms with Crippen LogP contribution in [-0.4, -0.2) is 47.5 Å². The first kappa shape index (κ1) is 17.7. The number of rotatable bonds is 3. The molecule has 3 fully saturated rings. The lowest BCUT2D eigenvalue weighted by molar-refractivity contribution is 0.0509. The van der Waals surface area contributed by atoms with Crippen LogP contribution in [0.25, 0.3) is 0 Å². The lowest BCUT2D eigenvalue weighted by Gasteiger charge is -2.33. The van der Waals surface area contributed by atoms with Crippen molar-refractivity contribution in [2.45, 2.75) is 56.7 Å². The molecule has 0 aromatic carbocycles. The van der Waals surface area contributed by atoms with Gasteiger partial charge in [-0.25, -0.2) is 0 Å². The van der Waals surface area contributed by atoms with E-state index in [1.54, 1.807) is 0 Å². The van der Waals surface area contributed by atoms with Crippen LogP contribution >= 0.6 is 12.4 Å². The molecule has 3 heterocycles. The summed E-state index contributed by atoms with van der Waals surface area (Å²) < 4.78 is 7.73. The lowest BCUT2D eigenvalue weighted by atomic mass is 9.82. The van der Waals surface area contributed by atoms with E-state index in [1.807, 2.05) is 16.9 Å². The number of hydrogen-bond acceptors (Lipinski definition) is 4. The van der Waals surface area contributed by atoms with Gasteiger partial charge in [-0.3, -0.25) is 9.48 Å². The predicted molar refractivity (Wildman–Crippen MR) is 93.6 cm³/mol. The summed E-state index contributed by atoms with van der Waals surface area (Å²) in [5.74, 6) is 0.447. The third-order valence-electron chi connectivity index (χ3n) is 5.58. The molecule has 7 heteroatoms. The maximum Gasteiger partial charge on any atom is 0.272 e. The normalized spacial score (nSPS) is 32.7. The summed E-state index contributed by atoms with van der Waals surface area (Å²) >= 11 is 0. The van der Waals surface area contributed by atoms with Crippen molar-refractivity contribution in [3.05, 3.63) is 18.0 Å². The fourth-order valence-corrected chi connectivity index (χ4v) is 4.32. The van der Waals surface area contributed by atoms with Gasteiger partial charge >= 0.3 is 0 Å². The first-order valence-corrected chi connectivity index (χ1v) is 8.99. The number of ether oxygens (including phenoxy) is 1. The molecule has 0 spiro atoms. The summed E-state index contributed by atoms with van der Waals surface area (Å²) in [6, 6.07) is 2.45. The van der Waals surface area contributed by atoms with Gasteiger partial charge in [-0.15, -0.1) is 12.4 Å². The second kappa shape index (κ2) is 7.85. The molecule has 1 aromatic rings. The van der Waals surface area contributed by atoms with E-state index >= 15 is 0 Å². The number of fused-ring (bicyclic) bond motifs is 1. The Hall–Kier alpha value is -1.11.